The number of amides is 1. The predicted octanol–water partition coefficient (Wildman–Crippen LogP) is 1.06. The van der Waals surface area contributed by atoms with Gasteiger partial charge in [0.15, 0.2) is 0 Å². The summed E-state index contributed by atoms with van der Waals surface area (Å²) in [5, 5.41) is 3.41. The molecule has 0 aromatic heterocycles. The van der Waals surface area contributed by atoms with Crippen LogP contribution in [0.2, 0.25) is 0 Å². The van der Waals surface area contributed by atoms with Gasteiger partial charge < -0.3 is 14.8 Å². The Kier molecular flexibility index (Phi) is 4.78. The van der Waals surface area contributed by atoms with Crippen molar-refractivity contribution in [2.75, 3.05) is 20.8 Å². The topological polar surface area (TPSA) is 71.6 Å². The van der Waals surface area contributed by atoms with E-state index >= 15 is 0 Å². The van der Waals surface area contributed by atoms with Crippen LogP contribution in [0.5, 0.6) is 0 Å². The number of methoxy groups -OCH3 is 2. The largest absolute Gasteiger partial charge is 0.379 e. The number of nitrogens with one attached hydrogen (secondary N) is 3. The molecule has 6 nitrogen and oxygen atoms in total. The number of carbonyl (C=O) groups is 1. The molecule has 25 heavy (non-hydrogen) atoms. The predicted molar refractivity (Wildman–Crippen MR) is 93.7 cm³/mol. The zero-order valence-electron chi connectivity index (χ0n) is 14.9. The number of hydrogen-bond donors (Lipinski definition) is 3. The van der Waals surface area contributed by atoms with Gasteiger partial charge in [0.2, 0.25) is 5.91 Å². The Morgan fingerprint density at radius 1 is 1.08 bits per heavy atom. The van der Waals surface area contributed by atoms with Gasteiger partial charge in [0.25, 0.3) is 0 Å². The van der Waals surface area contributed by atoms with Crippen molar-refractivity contribution in [3.63, 3.8) is 0 Å². The summed E-state index contributed by atoms with van der Waals surface area (Å²) in [4.78, 5) is 12.4. The molecule has 1 aromatic rings. The SMILES string of the molecule is COC1CC2C(=O)NNC(c3ccc4c(c3)CCNC4)C2CC1OC. The van der Waals surface area contributed by atoms with E-state index < -0.39 is 0 Å². The fraction of sp³-hybridized carbons (Fsp3) is 0.632. The fourth-order valence-corrected chi connectivity index (χ4v) is 4.70. The molecule has 4 rings (SSSR count). The fourth-order valence-electron chi connectivity index (χ4n) is 4.70. The average molecular weight is 345 g/mol. The second kappa shape index (κ2) is 7.03. The number of hydrogen-bond acceptors (Lipinski definition) is 5. The molecular formula is C19H27N3O3. The summed E-state index contributed by atoms with van der Waals surface area (Å²) in [6.45, 7) is 1.97. The summed E-state index contributed by atoms with van der Waals surface area (Å²) < 4.78 is 11.2. The highest BCUT2D eigenvalue weighted by atomic mass is 16.5. The first-order chi connectivity index (χ1) is 12.2. The minimum absolute atomic E-state index is 0.0228. The Labute approximate surface area is 148 Å². The van der Waals surface area contributed by atoms with Gasteiger partial charge >= 0.3 is 0 Å². The number of rotatable bonds is 3. The van der Waals surface area contributed by atoms with Gasteiger partial charge in [-0.3, -0.25) is 10.2 Å². The third-order valence-corrected chi connectivity index (χ3v) is 6.12. The van der Waals surface area contributed by atoms with Gasteiger partial charge in [-0.05, 0) is 48.4 Å². The zero-order valence-corrected chi connectivity index (χ0v) is 14.9. The molecule has 3 N–H and O–H groups in total. The number of hydrazine groups is 1. The van der Waals surface area contributed by atoms with Gasteiger partial charge in [-0.25, -0.2) is 5.43 Å². The molecule has 1 saturated heterocycles. The van der Waals surface area contributed by atoms with Crippen molar-refractivity contribution in [2.24, 2.45) is 11.8 Å². The lowest BCUT2D eigenvalue weighted by molar-refractivity contribution is -0.145. The molecule has 0 bridgehead atoms. The van der Waals surface area contributed by atoms with Crippen LogP contribution in [-0.4, -0.2) is 38.9 Å². The van der Waals surface area contributed by atoms with Crippen LogP contribution in [0.3, 0.4) is 0 Å². The van der Waals surface area contributed by atoms with Gasteiger partial charge in [0.05, 0.1) is 18.2 Å². The Bertz CT molecular complexity index is 651. The second-order valence-corrected chi connectivity index (χ2v) is 7.36. The van der Waals surface area contributed by atoms with Crippen molar-refractivity contribution in [3.8, 4) is 0 Å². The van der Waals surface area contributed by atoms with Gasteiger partial charge in [-0.2, -0.15) is 0 Å². The lowest BCUT2D eigenvalue weighted by Gasteiger charge is -2.46. The van der Waals surface area contributed by atoms with Crippen LogP contribution < -0.4 is 16.2 Å². The first-order valence-corrected chi connectivity index (χ1v) is 9.14. The van der Waals surface area contributed by atoms with Crippen LogP contribution in [0.15, 0.2) is 18.2 Å². The van der Waals surface area contributed by atoms with Gasteiger partial charge in [0.1, 0.15) is 0 Å². The van der Waals surface area contributed by atoms with Gasteiger partial charge in [0, 0.05) is 26.7 Å². The molecule has 5 atom stereocenters. The van der Waals surface area contributed by atoms with Crippen LogP contribution in [-0.2, 0) is 27.2 Å². The minimum atomic E-state index is -0.0414. The first-order valence-electron chi connectivity index (χ1n) is 9.14. The van der Waals surface area contributed by atoms with Crippen molar-refractivity contribution in [3.05, 3.63) is 34.9 Å². The van der Waals surface area contributed by atoms with Crippen LogP contribution in [0.1, 0.15) is 35.6 Å². The standard InChI is InChI=1S/C19H27N3O3/c1-24-16-8-14-15(9-17(16)25-2)19(23)22-21-18(14)12-3-4-13-10-20-6-5-11(13)7-12/h3-4,7,14-18,20-21H,5-6,8-10H2,1-2H3,(H,22,23). The third-order valence-electron chi connectivity index (χ3n) is 6.12. The molecule has 0 radical (unpaired) electrons. The summed E-state index contributed by atoms with van der Waals surface area (Å²) in [5.74, 6) is 0.241. The number of carbonyl (C=O) groups excluding carboxylic acids is 1. The molecule has 2 heterocycles. The summed E-state index contributed by atoms with van der Waals surface area (Å²) in [7, 11) is 3.43. The highest BCUT2D eigenvalue weighted by Gasteiger charge is 2.47. The molecule has 2 aliphatic heterocycles. The monoisotopic (exact) mass is 345 g/mol. The summed E-state index contributed by atoms with van der Waals surface area (Å²) >= 11 is 0. The molecule has 1 aromatic carbocycles. The summed E-state index contributed by atoms with van der Waals surface area (Å²) in [6, 6.07) is 6.84. The van der Waals surface area contributed by atoms with E-state index in [1.54, 1.807) is 14.2 Å². The van der Waals surface area contributed by atoms with Crippen LogP contribution in [0, 0.1) is 11.8 Å². The van der Waals surface area contributed by atoms with E-state index in [2.05, 4.69) is 34.4 Å². The lowest BCUT2D eigenvalue weighted by Crippen LogP contribution is -2.59. The average Bonchev–Trinajstić information content (AvgIpc) is 2.67. The van der Waals surface area contributed by atoms with E-state index in [0.29, 0.717) is 6.42 Å². The van der Waals surface area contributed by atoms with E-state index in [4.69, 9.17) is 9.47 Å². The molecule has 1 saturated carbocycles. The lowest BCUT2D eigenvalue weighted by atomic mass is 9.70. The zero-order chi connectivity index (χ0) is 17.4. The van der Waals surface area contributed by atoms with E-state index in [1.807, 2.05) is 0 Å². The van der Waals surface area contributed by atoms with Gasteiger partial charge in [-0.1, -0.05) is 18.2 Å². The summed E-state index contributed by atoms with van der Waals surface area (Å²) in [5.41, 5.74) is 10.2. The van der Waals surface area contributed by atoms with E-state index in [1.165, 1.54) is 16.7 Å². The van der Waals surface area contributed by atoms with Gasteiger partial charge in [-0.15, -0.1) is 0 Å². The Morgan fingerprint density at radius 3 is 2.68 bits per heavy atom. The molecular weight excluding hydrogens is 318 g/mol. The Balaban J connectivity index is 1.62. The minimum Gasteiger partial charge on any atom is -0.379 e. The number of fused-ring (bicyclic) bond motifs is 2. The van der Waals surface area contributed by atoms with Crippen molar-refractivity contribution < 1.29 is 14.3 Å². The first kappa shape index (κ1) is 17.0. The molecule has 1 amide bonds. The summed E-state index contributed by atoms with van der Waals surface area (Å²) in [6.07, 6.45) is 2.60. The van der Waals surface area contributed by atoms with Crippen molar-refractivity contribution in [1.29, 1.82) is 0 Å². The van der Waals surface area contributed by atoms with E-state index in [0.717, 1.165) is 25.9 Å². The quantitative estimate of drug-likeness (QED) is 0.764. The Hall–Kier alpha value is -1.47. The maximum Gasteiger partial charge on any atom is 0.237 e. The third kappa shape index (κ3) is 3.08. The molecule has 0 spiro atoms. The maximum absolute atomic E-state index is 12.4. The van der Waals surface area contributed by atoms with Crippen LogP contribution >= 0.6 is 0 Å². The highest BCUT2D eigenvalue weighted by molar-refractivity contribution is 5.79. The molecule has 5 unspecified atom stereocenters. The van der Waals surface area contributed by atoms with E-state index in [-0.39, 0.29) is 36.0 Å². The van der Waals surface area contributed by atoms with E-state index in [9.17, 15) is 4.79 Å². The molecule has 1 aliphatic carbocycles. The highest BCUT2D eigenvalue weighted by Crippen LogP contribution is 2.42. The second-order valence-electron chi connectivity index (χ2n) is 7.36. The van der Waals surface area contributed by atoms with Crippen LogP contribution in [0.25, 0.3) is 0 Å². The molecule has 136 valence electrons. The molecule has 2 fully saturated rings. The van der Waals surface area contributed by atoms with Crippen molar-refractivity contribution in [2.45, 2.75) is 44.1 Å². The van der Waals surface area contributed by atoms with Crippen LogP contribution in [0.4, 0.5) is 0 Å². The normalized spacial score (nSPS) is 34.8. The molecule has 3 aliphatic rings. The number of benzene rings is 1. The number of ether oxygens (including phenoxy) is 2. The maximum atomic E-state index is 12.4. The Morgan fingerprint density at radius 2 is 1.88 bits per heavy atom. The van der Waals surface area contributed by atoms with Crippen molar-refractivity contribution in [1.82, 2.24) is 16.2 Å². The van der Waals surface area contributed by atoms with Crippen molar-refractivity contribution >= 4 is 5.91 Å². The molecule has 6 heteroatoms. The smallest absolute Gasteiger partial charge is 0.237 e.